The first-order chi connectivity index (χ1) is 6.15. The lowest BCUT2D eigenvalue weighted by molar-refractivity contribution is 0.664. The third-order valence-electron chi connectivity index (χ3n) is 1.76. The monoisotopic (exact) mass is 235 g/mol. The molecule has 4 heteroatoms. The molecule has 1 atom stereocenters. The first-order valence-corrected chi connectivity index (χ1v) is 5.53. The Balaban J connectivity index is 2.69. The average Bonchev–Trinajstić information content (AvgIpc) is 2.41. The first-order valence-electron chi connectivity index (χ1n) is 3.96. The van der Waals surface area contributed by atoms with Gasteiger partial charge in [-0.15, -0.1) is 17.9 Å². The Morgan fingerprint density at radius 2 is 2.31 bits per heavy atom. The molecule has 0 fully saturated rings. The molecule has 0 amide bonds. The molecule has 13 heavy (non-hydrogen) atoms. The molecule has 0 aliphatic carbocycles. The van der Waals surface area contributed by atoms with Crippen molar-refractivity contribution in [2.75, 3.05) is 0 Å². The summed E-state index contributed by atoms with van der Waals surface area (Å²) in [4.78, 5) is 0. The fourth-order valence-electron chi connectivity index (χ4n) is 1.06. The van der Waals surface area contributed by atoms with Crippen LogP contribution >= 0.6 is 34.5 Å². The third-order valence-corrected chi connectivity index (χ3v) is 3.28. The number of rotatable bonds is 4. The highest BCUT2D eigenvalue weighted by molar-refractivity contribution is 7.20. The molecule has 72 valence electrons. The standard InChI is InChI=1S/C9H11Cl2NS/c1-2-3-4-7(12)6-5-8(10)13-9(6)11/h2,5,7H,1,3-4,12H2. The van der Waals surface area contributed by atoms with E-state index in [0.717, 1.165) is 18.4 Å². The van der Waals surface area contributed by atoms with Gasteiger partial charge in [0.25, 0.3) is 0 Å². The Hall–Kier alpha value is -0.0200. The van der Waals surface area contributed by atoms with Crippen molar-refractivity contribution < 1.29 is 0 Å². The van der Waals surface area contributed by atoms with Crippen LogP contribution in [0, 0.1) is 0 Å². The molecule has 2 N–H and O–H groups in total. The smallest absolute Gasteiger partial charge is 0.0991 e. The minimum atomic E-state index is -0.0331. The molecule has 0 bridgehead atoms. The van der Waals surface area contributed by atoms with E-state index in [4.69, 9.17) is 28.9 Å². The van der Waals surface area contributed by atoms with Gasteiger partial charge in [-0.3, -0.25) is 0 Å². The predicted molar refractivity (Wildman–Crippen MR) is 60.7 cm³/mol. The number of hydrogen-bond acceptors (Lipinski definition) is 2. The van der Waals surface area contributed by atoms with E-state index in [-0.39, 0.29) is 6.04 Å². The lowest BCUT2D eigenvalue weighted by Crippen LogP contribution is -2.08. The Morgan fingerprint density at radius 1 is 1.62 bits per heavy atom. The van der Waals surface area contributed by atoms with Crippen molar-refractivity contribution in [3.8, 4) is 0 Å². The Bertz CT molecular complexity index is 296. The van der Waals surface area contributed by atoms with Crippen molar-refractivity contribution in [3.05, 3.63) is 33.0 Å². The van der Waals surface area contributed by atoms with Gasteiger partial charge in [0.1, 0.15) is 0 Å². The zero-order chi connectivity index (χ0) is 9.84. The van der Waals surface area contributed by atoms with E-state index in [9.17, 15) is 0 Å². The Kier molecular flexibility index (Phi) is 4.26. The lowest BCUT2D eigenvalue weighted by Gasteiger charge is -2.08. The molecule has 0 aliphatic heterocycles. The van der Waals surface area contributed by atoms with Crippen LogP contribution in [-0.4, -0.2) is 0 Å². The maximum absolute atomic E-state index is 5.95. The van der Waals surface area contributed by atoms with Crippen molar-refractivity contribution in [2.45, 2.75) is 18.9 Å². The SMILES string of the molecule is C=CCCC(N)c1cc(Cl)sc1Cl. The summed E-state index contributed by atoms with van der Waals surface area (Å²) in [5.41, 5.74) is 6.85. The summed E-state index contributed by atoms with van der Waals surface area (Å²) in [6.45, 7) is 3.64. The Morgan fingerprint density at radius 3 is 2.77 bits per heavy atom. The average molecular weight is 236 g/mol. The summed E-state index contributed by atoms with van der Waals surface area (Å²) in [6.07, 6.45) is 3.60. The fourth-order valence-corrected chi connectivity index (χ4v) is 2.66. The molecule has 1 aromatic heterocycles. The molecule has 0 aromatic carbocycles. The van der Waals surface area contributed by atoms with Crippen molar-refractivity contribution in [1.82, 2.24) is 0 Å². The normalized spacial score (nSPS) is 12.8. The van der Waals surface area contributed by atoms with E-state index in [1.54, 1.807) is 0 Å². The topological polar surface area (TPSA) is 26.0 Å². The van der Waals surface area contributed by atoms with E-state index in [1.807, 2.05) is 12.1 Å². The highest BCUT2D eigenvalue weighted by atomic mass is 35.5. The maximum atomic E-state index is 5.95. The molecule has 1 nitrogen and oxygen atoms in total. The molecule has 1 heterocycles. The van der Waals surface area contributed by atoms with Gasteiger partial charge in [-0.05, 0) is 24.5 Å². The second kappa shape index (κ2) is 5.01. The highest BCUT2D eigenvalue weighted by Crippen LogP contribution is 2.35. The quantitative estimate of drug-likeness (QED) is 0.785. The number of allylic oxidation sites excluding steroid dienone is 1. The maximum Gasteiger partial charge on any atom is 0.0991 e. The van der Waals surface area contributed by atoms with Crippen molar-refractivity contribution in [1.29, 1.82) is 0 Å². The van der Waals surface area contributed by atoms with E-state index in [1.165, 1.54) is 11.3 Å². The number of halogens is 2. The van der Waals surface area contributed by atoms with Gasteiger partial charge in [0.15, 0.2) is 0 Å². The van der Waals surface area contributed by atoms with Crippen LogP contribution in [0.5, 0.6) is 0 Å². The summed E-state index contributed by atoms with van der Waals surface area (Å²) < 4.78 is 1.38. The zero-order valence-electron chi connectivity index (χ0n) is 7.09. The summed E-state index contributed by atoms with van der Waals surface area (Å²) in [6, 6.07) is 1.80. The van der Waals surface area contributed by atoms with Gasteiger partial charge < -0.3 is 5.73 Å². The van der Waals surface area contributed by atoms with Crippen LogP contribution < -0.4 is 5.73 Å². The summed E-state index contributed by atoms with van der Waals surface area (Å²) in [5.74, 6) is 0. The second-order valence-corrected chi connectivity index (χ2v) is 5.04. The number of hydrogen-bond donors (Lipinski definition) is 1. The van der Waals surface area contributed by atoms with E-state index in [0.29, 0.717) is 8.67 Å². The third kappa shape index (κ3) is 2.99. The fraction of sp³-hybridized carbons (Fsp3) is 0.333. The van der Waals surface area contributed by atoms with Crippen LogP contribution in [0.4, 0.5) is 0 Å². The molecule has 0 spiro atoms. The van der Waals surface area contributed by atoms with Crippen LogP contribution in [0.25, 0.3) is 0 Å². The lowest BCUT2D eigenvalue weighted by atomic mass is 10.1. The molecule has 0 radical (unpaired) electrons. The molecule has 0 saturated carbocycles. The van der Waals surface area contributed by atoms with Crippen LogP contribution in [-0.2, 0) is 0 Å². The van der Waals surface area contributed by atoms with Gasteiger partial charge in [-0.1, -0.05) is 29.3 Å². The van der Waals surface area contributed by atoms with Crippen molar-refractivity contribution >= 4 is 34.5 Å². The van der Waals surface area contributed by atoms with E-state index >= 15 is 0 Å². The predicted octanol–water partition coefficient (Wildman–Crippen LogP) is 4.02. The molecule has 1 unspecified atom stereocenters. The molecular weight excluding hydrogens is 225 g/mol. The van der Waals surface area contributed by atoms with Crippen molar-refractivity contribution in [2.24, 2.45) is 5.73 Å². The van der Waals surface area contributed by atoms with Crippen LogP contribution in [0.2, 0.25) is 8.67 Å². The van der Waals surface area contributed by atoms with Crippen LogP contribution in [0.3, 0.4) is 0 Å². The summed E-state index contributed by atoms with van der Waals surface area (Å²) >= 11 is 13.1. The van der Waals surface area contributed by atoms with Gasteiger partial charge in [-0.25, -0.2) is 0 Å². The van der Waals surface area contributed by atoms with Crippen molar-refractivity contribution in [3.63, 3.8) is 0 Å². The summed E-state index contributed by atoms with van der Waals surface area (Å²) in [5, 5.41) is 0. The molecule has 1 rings (SSSR count). The van der Waals surface area contributed by atoms with E-state index < -0.39 is 0 Å². The minimum Gasteiger partial charge on any atom is -0.324 e. The zero-order valence-corrected chi connectivity index (χ0v) is 9.42. The molecular formula is C9H11Cl2NS. The molecule has 0 saturated heterocycles. The number of thiophene rings is 1. The van der Waals surface area contributed by atoms with Gasteiger partial charge in [0.05, 0.1) is 8.67 Å². The van der Waals surface area contributed by atoms with Crippen LogP contribution in [0.15, 0.2) is 18.7 Å². The molecule has 0 aliphatic rings. The minimum absolute atomic E-state index is 0.0331. The van der Waals surface area contributed by atoms with E-state index in [2.05, 4.69) is 6.58 Å². The largest absolute Gasteiger partial charge is 0.324 e. The van der Waals surface area contributed by atoms with Gasteiger partial charge in [0.2, 0.25) is 0 Å². The van der Waals surface area contributed by atoms with Crippen LogP contribution in [0.1, 0.15) is 24.4 Å². The summed E-state index contributed by atoms with van der Waals surface area (Å²) in [7, 11) is 0. The molecule has 1 aromatic rings. The van der Waals surface area contributed by atoms with Gasteiger partial charge in [0, 0.05) is 6.04 Å². The highest BCUT2D eigenvalue weighted by Gasteiger charge is 2.12. The van der Waals surface area contributed by atoms with Gasteiger partial charge in [-0.2, -0.15) is 0 Å². The van der Waals surface area contributed by atoms with Gasteiger partial charge >= 0.3 is 0 Å². The number of nitrogens with two attached hydrogens (primary N) is 1. The Labute approximate surface area is 92.2 Å². The second-order valence-electron chi connectivity index (χ2n) is 2.75. The first kappa shape index (κ1) is 11.1.